The van der Waals surface area contributed by atoms with Gasteiger partial charge in [-0.3, -0.25) is 48.1 Å². The number of nitrogens with zero attached hydrogens (tertiary/aromatic N) is 1. The number of aliphatic hydroxyl groups is 2. The molecule has 1 saturated heterocycles. The number of hydrogen-bond acceptors (Lipinski definition) is 15. The number of unbranched alkanes of at least 4 members (excludes halogenated alkanes) is 4. The van der Waals surface area contributed by atoms with Crippen LogP contribution in [-0.2, 0) is 49.6 Å². The van der Waals surface area contributed by atoms with Gasteiger partial charge in [-0.15, -0.1) is 0 Å². The first kappa shape index (κ1) is 66.6. The van der Waals surface area contributed by atoms with E-state index in [1.165, 1.54) is 6.92 Å². The van der Waals surface area contributed by atoms with E-state index in [1.54, 1.807) is 44.2 Å². The van der Waals surface area contributed by atoms with E-state index >= 15 is 0 Å². The zero-order chi connectivity index (χ0) is 57.5. The molecule has 0 spiro atoms. The Bertz CT molecular complexity index is 2060. The molecule has 26 nitrogen and oxygen atoms in total. The topological polar surface area (TPSA) is 445 Å². The Kier molecular flexibility index (Phi) is 31.6. The number of aliphatic imine (C=N–C) groups is 1. The molecule has 21 N–H and O–H groups in total. The van der Waals surface area contributed by atoms with E-state index in [0.29, 0.717) is 18.4 Å². The fraction of sp³-hybridized carbons (Fsp3) is 0.686. The van der Waals surface area contributed by atoms with Crippen molar-refractivity contribution in [3.63, 3.8) is 0 Å². The van der Waals surface area contributed by atoms with Crippen molar-refractivity contribution < 1.29 is 53.4 Å². The number of carbonyl (C=O) groups excluding carboxylic acids is 9. The molecule has 26 heteroatoms. The van der Waals surface area contributed by atoms with Crippen LogP contribution < -0.4 is 76.5 Å². The SMILES string of the molecule is CCCCCCC[C@@H](O)CC(=O)N[C@H](CCN)C(=O)N[C@H]1CCNC(=O)[C@H]([C@@H](C)O)NC(=O)[C@H](CCCN=C(N)N)NC(=O)[C@H](CCN)NC(=O)[C@H](CC(C)C)NC(=O)[C@@H](Cc2ccccc2)NC(=O)[C@H](CCN)NC1=O. The molecule has 1 heterocycles. The van der Waals surface area contributed by atoms with E-state index in [4.69, 9.17) is 28.7 Å². The highest BCUT2D eigenvalue weighted by Gasteiger charge is 2.36. The normalized spacial score (nSPS) is 22.8. The minimum absolute atomic E-state index is 0.0353. The molecule has 10 atom stereocenters. The van der Waals surface area contributed by atoms with Crippen molar-refractivity contribution in [2.45, 2.75) is 185 Å². The van der Waals surface area contributed by atoms with Gasteiger partial charge in [-0.2, -0.15) is 0 Å². The molecule has 1 aromatic carbocycles. The monoisotopic (exact) mass is 1090 g/mol. The summed E-state index contributed by atoms with van der Waals surface area (Å²) in [6.07, 6.45) is 1.52. The van der Waals surface area contributed by atoms with Gasteiger partial charge in [0.1, 0.15) is 48.3 Å². The number of aliphatic hydroxyl groups excluding tert-OH is 2. The summed E-state index contributed by atoms with van der Waals surface area (Å²) >= 11 is 0. The van der Waals surface area contributed by atoms with Crippen LogP contribution in [0.15, 0.2) is 35.3 Å². The average Bonchev–Trinajstić information content (AvgIpc) is 3.36. The third-order valence-electron chi connectivity index (χ3n) is 12.6. The summed E-state index contributed by atoms with van der Waals surface area (Å²) in [4.78, 5) is 130. The summed E-state index contributed by atoms with van der Waals surface area (Å²) in [5.74, 6) is -8.02. The van der Waals surface area contributed by atoms with Gasteiger partial charge in [-0.25, -0.2) is 0 Å². The van der Waals surface area contributed by atoms with Crippen LogP contribution in [-0.4, -0.2) is 163 Å². The van der Waals surface area contributed by atoms with Crippen molar-refractivity contribution in [1.29, 1.82) is 0 Å². The molecule has 1 aliphatic rings. The number of rotatable bonds is 26. The molecule has 434 valence electrons. The molecule has 9 amide bonds. The highest BCUT2D eigenvalue weighted by atomic mass is 16.3. The predicted octanol–water partition coefficient (Wildman–Crippen LogP) is -3.73. The van der Waals surface area contributed by atoms with E-state index in [2.05, 4.69) is 59.8 Å². The molecule has 1 fully saturated rings. The largest absolute Gasteiger partial charge is 0.393 e. The molecule has 0 aliphatic carbocycles. The fourth-order valence-electron chi connectivity index (χ4n) is 8.41. The van der Waals surface area contributed by atoms with Crippen molar-refractivity contribution in [2.75, 3.05) is 32.7 Å². The van der Waals surface area contributed by atoms with Crippen molar-refractivity contribution in [2.24, 2.45) is 39.6 Å². The summed E-state index contributed by atoms with van der Waals surface area (Å²) in [5.41, 5.74) is 29.3. The molecular formula is C51H89N15O11. The van der Waals surface area contributed by atoms with Crippen LogP contribution in [0.25, 0.3) is 0 Å². The lowest BCUT2D eigenvalue weighted by Gasteiger charge is -2.28. The van der Waals surface area contributed by atoms with Gasteiger partial charge in [0.25, 0.3) is 0 Å². The molecule has 0 saturated carbocycles. The first-order valence-corrected chi connectivity index (χ1v) is 26.9. The summed E-state index contributed by atoms with van der Waals surface area (Å²) in [5, 5.41) is 44.9. The zero-order valence-corrected chi connectivity index (χ0v) is 45.3. The van der Waals surface area contributed by atoms with Gasteiger partial charge in [0, 0.05) is 19.5 Å². The van der Waals surface area contributed by atoms with Gasteiger partial charge < -0.3 is 86.7 Å². The van der Waals surface area contributed by atoms with E-state index in [-0.39, 0.29) is 95.8 Å². The molecule has 1 aliphatic heterocycles. The van der Waals surface area contributed by atoms with Crippen LogP contribution in [0.1, 0.15) is 123 Å². The highest BCUT2D eigenvalue weighted by Crippen LogP contribution is 2.13. The summed E-state index contributed by atoms with van der Waals surface area (Å²) in [6, 6.07) is -2.65. The zero-order valence-electron chi connectivity index (χ0n) is 45.3. The molecule has 77 heavy (non-hydrogen) atoms. The third-order valence-corrected chi connectivity index (χ3v) is 12.6. The van der Waals surface area contributed by atoms with E-state index in [0.717, 1.165) is 25.7 Å². The molecule has 2 rings (SSSR count). The number of guanidine groups is 1. The molecule has 0 unspecified atom stereocenters. The third kappa shape index (κ3) is 25.9. The minimum atomic E-state index is -1.65. The van der Waals surface area contributed by atoms with E-state index < -0.39 is 120 Å². The molecule has 0 radical (unpaired) electrons. The Balaban J connectivity index is 2.71. The van der Waals surface area contributed by atoms with Crippen LogP contribution in [0, 0.1) is 5.92 Å². The molecule has 0 aromatic heterocycles. The fourth-order valence-corrected chi connectivity index (χ4v) is 8.41. The number of amides is 9. The Morgan fingerprint density at radius 3 is 1.78 bits per heavy atom. The average molecular weight is 1090 g/mol. The maximum absolute atomic E-state index is 14.4. The first-order chi connectivity index (χ1) is 36.6. The number of nitrogens with two attached hydrogens (primary N) is 5. The lowest BCUT2D eigenvalue weighted by atomic mass is 10.00. The first-order valence-electron chi connectivity index (χ1n) is 26.9. The second-order valence-corrected chi connectivity index (χ2v) is 19.9. The highest BCUT2D eigenvalue weighted by molar-refractivity contribution is 5.98. The quantitative estimate of drug-likeness (QED) is 0.0241. The number of hydrogen-bond donors (Lipinski definition) is 16. The van der Waals surface area contributed by atoms with E-state index in [9.17, 15) is 53.4 Å². The van der Waals surface area contributed by atoms with Gasteiger partial charge in [0.15, 0.2) is 5.96 Å². The summed E-state index contributed by atoms with van der Waals surface area (Å²) < 4.78 is 0. The Hall–Kier alpha value is -6.48. The molecule has 0 bridgehead atoms. The summed E-state index contributed by atoms with van der Waals surface area (Å²) in [6.45, 7) is 6.24. The van der Waals surface area contributed by atoms with Crippen LogP contribution in [0.2, 0.25) is 0 Å². The van der Waals surface area contributed by atoms with Crippen LogP contribution >= 0.6 is 0 Å². The maximum atomic E-state index is 14.4. The van der Waals surface area contributed by atoms with Crippen molar-refractivity contribution in [3.05, 3.63) is 35.9 Å². The van der Waals surface area contributed by atoms with Crippen LogP contribution in [0.4, 0.5) is 0 Å². The molecule has 1 aromatic rings. The Morgan fingerprint density at radius 1 is 0.662 bits per heavy atom. The number of carbonyl (C=O) groups is 9. The Morgan fingerprint density at radius 2 is 1.21 bits per heavy atom. The Labute approximate surface area is 451 Å². The lowest BCUT2D eigenvalue weighted by Crippen LogP contribution is -2.61. The van der Waals surface area contributed by atoms with Gasteiger partial charge in [-0.05, 0) is 89.4 Å². The van der Waals surface area contributed by atoms with E-state index in [1.807, 2.05) is 0 Å². The standard InChI is InChI=1S/C51H89N15O11/c1-5-6-7-8-12-16-33(68)29-41(69)59-35(18-22-52)43(70)63-38-21-26-57-50(77)42(31(4)67)66-47(74)34(17-13-25-58-51(55)56)60-44(71)36(19-23-53)62-48(75)39(27-30(2)3)64-49(76)40(28-32-14-10-9-11-15-32)65-45(72)37(20-24-54)61-46(38)73/h9-11,14-15,30-31,33-40,42,67-68H,5-8,12-13,16-29,52-54H2,1-4H3,(H,57,77)(H,59,69)(H,60,71)(H,61,73)(H,62,75)(H,63,70)(H,64,76)(H,65,72)(H,66,74)(H4,55,56,58)/t31-,33-,34+,35-,36+,37+,38+,39+,40-,42+/m1/s1. The van der Waals surface area contributed by atoms with Gasteiger partial charge in [0.2, 0.25) is 53.2 Å². The van der Waals surface area contributed by atoms with Crippen LogP contribution in [0.5, 0.6) is 0 Å². The predicted molar refractivity (Wildman–Crippen MR) is 289 cm³/mol. The maximum Gasteiger partial charge on any atom is 0.245 e. The summed E-state index contributed by atoms with van der Waals surface area (Å²) in [7, 11) is 0. The van der Waals surface area contributed by atoms with Crippen molar-refractivity contribution in [1.82, 2.24) is 47.9 Å². The smallest absolute Gasteiger partial charge is 0.245 e. The molecular weight excluding hydrogens is 999 g/mol. The van der Waals surface area contributed by atoms with Crippen molar-refractivity contribution in [3.8, 4) is 0 Å². The second-order valence-electron chi connectivity index (χ2n) is 19.9. The lowest BCUT2D eigenvalue weighted by molar-refractivity contribution is -0.136. The second kappa shape index (κ2) is 36.5. The minimum Gasteiger partial charge on any atom is -0.393 e. The number of nitrogens with one attached hydrogen (secondary N) is 9. The van der Waals surface area contributed by atoms with Gasteiger partial charge in [0.05, 0.1) is 18.6 Å². The van der Waals surface area contributed by atoms with Crippen LogP contribution in [0.3, 0.4) is 0 Å². The van der Waals surface area contributed by atoms with Gasteiger partial charge in [-0.1, -0.05) is 83.2 Å². The number of benzene rings is 1. The van der Waals surface area contributed by atoms with Gasteiger partial charge >= 0.3 is 0 Å². The van der Waals surface area contributed by atoms with Crippen molar-refractivity contribution >= 4 is 59.1 Å².